The van der Waals surface area contributed by atoms with Crippen molar-refractivity contribution in [1.29, 1.82) is 0 Å². The van der Waals surface area contributed by atoms with Crippen LogP contribution in [0.25, 0.3) is 67.0 Å². The van der Waals surface area contributed by atoms with E-state index >= 15 is 0 Å². The van der Waals surface area contributed by atoms with Crippen LogP contribution in [0.2, 0.25) is 0 Å². The smallest absolute Gasteiger partial charge is 0.160 e. The van der Waals surface area contributed by atoms with Gasteiger partial charge in [-0.25, -0.2) is 9.97 Å². The van der Waals surface area contributed by atoms with Crippen molar-refractivity contribution in [3.05, 3.63) is 203 Å². The van der Waals surface area contributed by atoms with Gasteiger partial charge in [0.25, 0.3) is 0 Å². The lowest BCUT2D eigenvalue weighted by Gasteiger charge is -2.47. The number of rotatable bonds is 3. The van der Waals surface area contributed by atoms with Gasteiger partial charge in [0.2, 0.25) is 0 Å². The highest BCUT2D eigenvalue weighted by molar-refractivity contribution is 6.05. The molecule has 0 atom stereocenters. The Bertz CT molecular complexity index is 2890. The van der Waals surface area contributed by atoms with Gasteiger partial charge in [-0.2, -0.15) is 0 Å². The first kappa shape index (κ1) is 30.1. The number of hydrogen-bond donors (Lipinski definition) is 0. The lowest BCUT2D eigenvalue weighted by atomic mass is 9.54. The topological polar surface area (TPSA) is 38.9 Å². The van der Waals surface area contributed by atoms with Crippen molar-refractivity contribution in [3.8, 4) is 45.0 Å². The molecule has 11 rings (SSSR count). The molecule has 1 spiro atoms. The highest BCUT2D eigenvalue weighted by Gasteiger charge is 2.53. The summed E-state index contributed by atoms with van der Waals surface area (Å²) in [4.78, 5) is 10.7. The maximum absolute atomic E-state index is 6.33. The highest BCUT2D eigenvalue weighted by atomic mass is 16.3. The average molecular weight is 679 g/mol. The van der Waals surface area contributed by atoms with E-state index in [1.54, 1.807) is 0 Å². The molecule has 9 aromatic rings. The number of para-hydroxylation sites is 1. The molecule has 0 N–H and O–H groups in total. The lowest BCUT2D eigenvalue weighted by molar-refractivity contribution is 0.564. The van der Waals surface area contributed by atoms with Crippen LogP contribution in [0, 0.1) is 0 Å². The van der Waals surface area contributed by atoms with Gasteiger partial charge in [-0.05, 0) is 68.8 Å². The summed E-state index contributed by atoms with van der Waals surface area (Å²) < 4.78 is 6.33. The van der Waals surface area contributed by atoms with Gasteiger partial charge in [-0.3, -0.25) is 0 Å². The normalized spacial score (nSPS) is 14.5. The maximum atomic E-state index is 6.33. The first-order valence-corrected chi connectivity index (χ1v) is 18.3. The van der Waals surface area contributed by atoms with E-state index in [1.165, 1.54) is 44.5 Å². The third-order valence-corrected chi connectivity index (χ3v) is 11.8. The SMILES string of the molecule is CC1(C)c2ccccc2C2(c3ccccc3-c3ccccc32)c2cccc(-c3cc(-c4ccccc4)nc(-c4ccc5c(c4)oc4ccccc45)n3)c21. The Morgan fingerprint density at radius 1 is 0.415 bits per heavy atom. The molecular weight excluding hydrogens is 645 g/mol. The molecule has 2 heterocycles. The fourth-order valence-electron chi connectivity index (χ4n) is 9.54. The van der Waals surface area contributed by atoms with Crippen LogP contribution in [0.5, 0.6) is 0 Å². The van der Waals surface area contributed by atoms with Crippen molar-refractivity contribution in [2.24, 2.45) is 0 Å². The Labute approximate surface area is 308 Å². The molecule has 0 unspecified atom stereocenters. The van der Waals surface area contributed by atoms with Crippen LogP contribution >= 0.6 is 0 Å². The van der Waals surface area contributed by atoms with Crippen LogP contribution < -0.4 is 0 Å². The Hall–Kier alpha value is -6.58. The third-order valence-electron chi connectivity index (χ3n) is 11.8. The van der Waals surface area contributed by atoms with Gasteiger partial charge in [0.05, 0.1) is 16.8 Å². The van der Waals surface area contributed by atoms with E-state index in [4.69, 9.17) is 14.4 Å². The zero-order chi connectivity index (χ0) is 35.3. The molecule has 3 heteroatoms. The Balaban J connectivity index is 1.21. The first-order valence-electron chi connectivity index (χ1n) is 18.3. The number of furan rings is 1. The van der Waals surface area contributed by atoms with Gasteiger partial charge in [0, 0.05) is 32.9 Å². The van der Waals surface area contributed by atoms with Gasteiger partial charge in [0.15, 0.2) is 5.82 Å². The lowest BCUT2D eigenvalue weighted by Crippen LogP contribution is -2.41. The maximum Gasteiger partial charge on any atom is 0.160 e. The zero-order valence-corrected chi connectivity index (χ0v) is 29.5. The van der Waals surface area contributed by atoms with Crippen molar-refractivity contribution >= 4 is 21.9 Å². The van der Waals surface area contributed by atoms with Gasteiger partial charge in [-0.15, -0.1) is 0 Å². The first-order chi connectivity index (χ1) is 26.0. The number of hydrogen-bond acceptors (Lipinski definition) is 3. The van der Waals surface area contributed by atoms with Gasteiger partial charge in [-0.1, -0.05) is 159 Å². The fourth-order valence-corrected chi connectivity index (χ4v) is 9.54. The summed E-state index contributed by atoms with van der Waals surface area (Å²) in [6.45, 7) is 4.76. The molecule has 2 aliphatic carbocycles. The number of benzene rings is 7. The standard InChI is InChI=1S/C50H34N2O/c1-49(2)40-23-11-12-24-41(40)50(38-21-9-6-17-33(38)34-18-7-10-22-39(34)50)42-25-14-20-37(47(42)49)44-30-43(31-15-4-3-5-16-31)51-48(52-44)32-27-28-36-35-19-8-13-26-45(35)53-46(36)29-32/h3-30H,1-2H3. The quantitative estimate of drug-likeness (QED) is 0.187. The van der Waals surface area contributed by atoms with E-state index in [9.17, 15) is 0 Å². The second-order valence-electron chi connectivity index (χ2n) is 14.9. The molecule has 250 valence electrons. The predicted molar refractivity (Wildman–Crippen MR) is 215 cm³/mol. The van der Waals surface area contributed by atoms with Crippen LogP contribution in [-0.2, 0) is 10.8 Å². The van der Waals surface area contributed by atoms with E-state index in [2.05, 4.69) is 166 Å². The Kier molecular flexibility index (Phi) is 6.22. The molecular formula is C50H34N2O. The van der Waals surface area contributed by atoms with Crippen LogP contribution in [-0.4, -0.2) is 9.97 Å². The van der Waals surface area contributed by atoms with E-state index in [0.29, 0.717) is 5.82 Å². The zero-order valence-electron chi connectivity index (χ0n) is 29.5. The summed E-state index contributed by atoms with van der Waals surface area (Å²) in [5, 5.41) is 2.19. The molecule has 7 aromatic carbocycles. The summed E-state index contributed by atoms with van der Waals surface area (Å²) >= 11 is 0. The summed E-state index contributed by atoms with van der Waals surface area (Å²) in [5.41, 5.74) is 16.3. The highest BCUT2D eigenvalue weighted by Crippen LogP contribution is 2.63. The largest absolute Gasteiger partial charge is 0.456 e. The molecule has 0 radical (unpaired) electrons. The molecule has 3 nitrogen and oxygen atoms in total. The summed E-state index contributed by atoms with van der Waals surface area (Å²) in [6, 6.07) is 61.1. The van der Waals surface area contributed by atoms with E-state index < -0.39 is 5.41 Å². The van der Waals surface area contributed by atoms with E-state index in [0.717, 1.165) is 50.0 Å². The molecule has 2 aromatic heterocycles. The Morgan fingerprint density at radius 2 is 1.00 bits per heavy atom. The summed E-state index contributed by atoms with van der Waals surface area (Å²) in [6.07, 6.45) is 0. The minimum atomic E-state index is -0.477. The molecule has 0 saturated heterocycles. The summed E-state index contributed by atoms with van der Waals surface area (Å²) in [7, 11) is 0. The molecule has 0 aliphatic heterocycles. The van der Waals surface area contributed by atoms with Gasteiger partial charge >= 0.3 is 0 Å². The average Bonchev–Trinajstić information content (AvgIpc) is 3.74. The second-order valence-corrected chi connectivity index (χ2v) is 14.9. The van der Waals surface area contributed by atoms with Crippen LogP contribution in [0.4, 0.5) is 0 Å². The predicted octanol–water partition coefficient (Wildman–Crippen LogP) is 12.4. The molecule has 0 saturated carbocycles. The monoisotopic (exact) mass is 678 g/mol. The molecule has 2 aliphatic rings. The summed E-state index contributed by atoms with van der Waals surface area (Å²) in [5.74, 6) is 0.668. The molecule has 0 amide bonds. The number of nitrogens with zero attached hydrogens (tertiary/aromatic N) is 2. The van der Waals surface area contributed by atoms with Crippen LogP contribution in [0.1, 0.15) is 47.2 Å². The second kappa shape index (κ2) is 11.0. The van der Waals surface area contributed by atoms with E-state index in [1.807, 2.05) is 18.2 Å². The van der Waals surface area contributed by atoms with Crippen LogP contribution in [0.15, 0.2) is 174 Å². The van der Waals surface area contributed by atoms with Crippen molar-refractivity contribution in [1.82, 2.24) is 9.97 Å². The van der Waals surface area contributed by atoms with E-state index in [-0.39, 0.29) is 5.41 Å². The Morgan fingerprint density at radius 3 is 1.77 bits per heavy atom. The number of fused-ring (bicyclic) bond motifs is 12. The number of aromatic nitrogens is 2. The van der Waals surface area contributed by atoms with Crippen LogP contribution in [0.3, 0.4) is 0 Å². The fraction of sp³-hybridized carbons (Fsp3) is 0.0800. The third kappa shape index (κ3) is 4.11. The minimum Gasteiger partial charge on any atom is -0.456 e. The molecule has 0 bridgehead atoms. The molecule has 0 fully saturated rings. The van der Waals surface area contributed by atoms with Gasteiger partial charge < -0.3 is 4.42 Å². The van der Waals surface area contributed by atoms with Gasteiger partial charge in [0.1, 0.15) is 11.2 Å². The van der Waals surface area contributed by atoms with Crippen molar-refractivity contribution in [2.75, 3.05) is 0 Å². The van der Waals surface area contributed by atoms with Crippen molar-refractivity contribution in [2.45, 2.75) is 24.7 Å². The van der Waals surface area contributed by atoms with Crippen molar-refractivity contribution < 1.29 is 4.42 Å². The molecule has 53 heavy (non-hydrogen) atoms. The minimum absolute atomic E-state index is 0.328. The van der Waals surface area contributed by atoms with Crippen molar-refractivity contribution in [3.63, 3.8) is 0 Å².